The maximum Gasteiger partial charge on any atom is 0.0346 e. The Bertz CT molecular complexity index is 2250. The molecule has 1 heterocycles. The summed E-state index contributed by atoms with van der Waals surface area (Å²) in [5.74, 6) is 0.331. The van der Waals surface area contributed by atoms with E-state index < -0.39 is 0 Å². The summed E-state index contributed by atoms with van der Waals surface area (Å²) in [6.07, 6.45) is 10.4. The van der Waals surface area contributed by atoms with Gasteiger partial charge in [0.15, 0.2) is 0 Å². The smallest absolute Gasteiger partial charge is 0.0346 e. The van der Waals surface area contributed by atoms with Gasteiger partial charge in [-0.15, -0.1) is 0 Å². The minimum absolute atomic E-state index is 0.331. The van der Waals surface area contributed by atoms with Crippen LogP contribution in [0.1, 0.15) is 12.5 Å². The molecular weight excluding hydrogens is 530 g/mol. The molecule has 208 valence electrons. The van der Waals surface area contributed by atoms with E-state index in [1.807, 2.05) is 12.4 Å². The third kappa shape index (κ3) is 4.46. The highest BCUT2D eigenvalue weighted by Crippen LogP contribution is 2.44. The second-order valence-electron chi connectivity index (χ2n) is 11.8. The summed E-state index contributed by atoms with van der Waals surface area (Å²) >= 11 is 0. The second-order valence-corrected chi connectivity index (χ2v) is 11.8. The van der Waals surface area contributed by atoms with Gasteiger partial charge in [-0.3, -0.25) is 4.98 Å². The van der Waals surface area contributed by atoms with Crippen molar-refractivity contribution < 1.29 is 0 Å². The van der Waals surface area contributed by atoms with Crippen LogP contribution < -0.4 is 0 Å². The zero-order valence-electron chi connectivity index (χ0n) is 24.7. The van der Waals surface area contributed by atoms with Gasteiger partial charge in [0.05, 0.1) is 0 Å². The lowest BCUT2D eigenvalue weighted by Gasteiger charge is -2.18. The number of aromatic nitrogens is 1. The molecule has 0 aliphatic heterocycles. The Hall–Kier alpha value is -5.53. The van der Waals surface area contributed by atoms with Gasteiger partial charge in [-0.1, -0.05) is 135 Å². The Labute approximate surface area is 258 Å². The van der Waals surface area contributed by atoms with Gasteiger partial charge < -0.3 is 0 Å². The molecule has 0 fully saturated rings. The van der Waals surface area contributed by atoms with Gasteiger partial charge in [-0.2, -0.15) is 0 Å². The number of rotatable bonds is 4. The lowest BCUT2D eigenvalue weighted by Crippen LogP contribution is -1.98. The van der Waals surface area contributed by atoms with E-state index in [1.54, 1.807) is 0 Å². The van der Waals surface area contributed by atoms with Gasteiger partial charge in [0.25, 0.3) is 0 Å². The van der Waals surface area contributed by atoms with E-state index >= 15 is 0 Å². The van der Waals surface area contributed by atoms with Crippen LogP contribution in [0.25, 0.3) is 71.3 Å². The van der Waals surface area contributed by atoms with Crippen LogP contribution in [0.3, 0.4) is 0 Å². The number of pyridine rings is 1. The molecule has 0 amide bonds. The molecule has 1 heteroatoms. The van der Waals surface area contributed by atoms with Crippen molar-refractivity contribution in [3.05, 3.63) is 170 Å². The highest BCUT2D eigenvalue weighted by molar-refractivity contribution is 6.21. The van der Waals surface area contributed by atoms with Gasteiger partial charge in [0.1, 0.15) is 0 Å². The first-order valence-corrected chi connectivity index (χ1v) is 15.2. The molecule has 0 radical (unpaired) electrons. The van der Waals surface area contributed by atoms with Crippen molar-refractivity contribution in [2.24, 2.45) is 5.92 Å². The van der Waals surface area contributed by atoms with Crippen LogP contribution in [0.15, 0.2) is 164 Å². The van der Waals surface area contributed by atoms with Crippen LogP contribution in [-0.2, 0) is 0 Å². The number of allylic oxidation sites excluding steroid dienone is 5. The van der Waals surface area contributed by atoms with Gasteiger partial charge >= 0.3 is 0 Å². The molecule has 0 saturated carbocycles. The Morgan fingerprint density at radius 3 is 1.68 bits per heavy atom. The van der Waals surface area contributed by atoms with E-state index in [0.29, 0.717) is 5.92 Å². The summed E-state index contributed by atoms with van der Waals surface area (Å²) in [7, 11) is 0. The Kier molecular flexibility index (Phi) is 6.31. The summed E-state index contributed by atoms with van der Waals surface area (Å²) in [4.78, 5) is 4.60. The van der Waals surface area contributed by atoms with Crippen molar-refractivity contribution in [1.29, 1.82) is 0 Å². The molecule has 0 N–H and O–H groups in total. The zero-order chi connectivity index (χ0) is 29.6. The molecule has 1 unspecified atom stereocenters. The van der Waals surface area contributed by atoms with Crippen molar-refractivity contribution >= 4 is 37.9 Å². The van der Waals surface area contributed by atoms with E-state index in [4.69, 9.17) is 0 Å². The van der Waals surface area contributed by atoms with Crippen LogP contribution in [-0.4, -0.2) is 4.98 Å². The van der Waals surface area contributed by atoms with Crippen molar-refractivity contribution in [3.8, 4) is 33.4 Å². The molecule has 1 aliphatic carbocycles. The monoisotopic (exact) mass is 561 g/mol. The van der Waals surface area contributed by atoms with Crippen LogP contribution in [0, 0.1) is 5.92 Å². The molecule has 7 aromatic rings. The van der Waals surface area contributed by atoms with Crippen LogP contribution >= 0.6 is 0 Å². The number of benzene rings is 6. The molecule has 1 nitrogen and oxygen atoms in total. The highest BCUT2D eigenvalue weighted by Gasteiger charge is 2.17. The zero-order valence-corrected chi connectivity index (χ0v) is 24.7. The van der Waals surface area contributed by atoms with Crippen molar-refractivity contribution in [2.45, 2.75) is 6.92 Å². The first kappa shape index (κ1) is 26.1. The molecule has 0 spiro atoms. The second kappa shape index (κ2) is 10.6. The van der Waals surface area contributed by atoms with E-state index in [1.165, 1.54) is 65.7 Å². The SMILES string of the molecule is C=C1C=CC(c2cncc(-c3ccc4cc(-c5c6ccccc6c(-c6ccccc6)c6ccccc56)ccc4c3)c2)=CC1C. The Morgan fingerprint density at radius 2 is 1.05 bits per heavy atom. The number of nitrogens with zero attached hydrogens (tertiary/aromatic N) is 1. The van der Waals surface area contributed by atoms with Crippen molar-refractivity contribution in [2.75, 3.05) is 0 Å². The molecule has 0 saturated heterocycles. The topological polar surface area (TPSA) is 12.9 Å². The maximum atomic E-state index is 4.60. The third-order valence-corrected chi connectivity index (χ3v) is 9.02. The third-order valence-electron chi connectivity index (χ3n) is 9.02. The predicted octanol–water partition coefficient (Wildman–Crippen LogP) is 11.7. The van der Waals surface area contributed by atoms with E-state index in [2.05, 4.69) is 158 Å². The highest BCUT2D eigenvalue weighted by atomic mass is 14.6. The number of fused-ring (bicyclic) bond motifs is 3. The van der Waals surface area contributed by atoms with Crippen LogP contribution in [0.2, 0.25) is 0 Å². The summed E-state index contributed by atoms with van der Waals surface area (Å²) in [6, 6.07) is 44.3. The summed E-state index contributed by atoms with van der Waals surface area (Å²) in [5.41, 5.74) is 10.8. The minimum atomic E-state index is 0.331. The molecule has 8 rings (SSSR count). The minimum Gasteiger partial charge on any atom is -0.263 e. The quantitative estimate of drug-likeness (QED) is 0.195. The molecule has 44 heavy (non-hydrogen) atoms. The van der Waals surface area contributed by atoms with Gasteiger partial charge in [-0.25, -0.2) is 0 Å². The summed E-state index contributed by atoms with van der Waals surface area (Å²) in [5, 5.41) is 7.53. The van der Waals surface area contributed by atoms with Crippen LogP contribution in [0.5, 0.6) is 0 Å². The fraction of sp³-hybridized carbons (Fsp3) is 0.0465. The Morgan fingerprint density at radius 1 is 0.500 bits per heavy atom. The molecule has 6 aromatic carbocycles. The molecule has 1 aliphatic rings. The van der Waals surface area contributed by atoms with E-state index in [-0.39, 0.29) is 0 Å². The average Bonchev–Trinajstić information content (AvgIpc) is 3.08. The largest absolute Gasteiger partial charge is 0.263 e. The molecule has 1 atom stereocenters. The van der Waals surface area contributed by atoms with Gasteiger partial charge in [0.2, 0.25) is 0 Å². The lowest BCUT2D eigenvalue weighted by molar-refractivity contribution is 0.891. The number of hydrogen-bond acceptors (Lipinski definition) is 1. The number of hydrogen-bond donors (Lipinski definition) is 0. The average molecular weight is 562 g/mol. The van der Waals surface area contributed by atoms with Gasteiger partial charge in [0, 0.05) is 23.5 Å². The molecular formula is C43H31N. The summed E-state index contributed by atoms with van der Waals surface area (Å²) in [6.45, 7) is 6.33. The van der Waals surface area contributed by atoms with Crippen molar-refractivity contribution in [1.82, 2.24) is 4.98 Å². The first-order chi connectivity index (χ1) is 21.6. The lowest BCUT2D eigenvalue weighted by atomic mass is 9.85. The fourth-order valence-corrected chi connectivity index (χ4v) is 6.66. The Balaban J connectivity index is 1.25. The summed E-state index contributed by atoms with van der Waals surface area (Å²) < 4.78 is 0. The normalized spacial score (nSPS) is 14.8. The van der Waals surface area contributed by atoms with E-state index in [0.717, 1.165) is 16.7 Å². The molecule has 0 bridgehead atoms. The standard InChI is InChI=1S/C43H31N/c1-28-16-17-31(22-29(28)2)36-25-37(27-44-26-36)34-19-18-33-24-35(21-20-32(33)23-34)43-40-14-8-6-12-38(40)42(30-10-4-3-5-11-30)39-13-7-9-15-41(39)43/h3-27,29H,1H2,2H3. The molecule has 1 aromatic heterocycles. The first-order valence-electron chi connectivity index (χ1n) is 15.2. The predicted molar refractivity (Wildman–Crippen MR) is 188 cm³/mol. The maximum absolute atomic E-state index is 4.60. The van der Waals surface area contributed by atoms with Crippen molar-refractivity contribution in [3.63, 3.8) is 0 Å². The van der Waals surface area contributed by atoms with Gasteiger partial charge in [-0.05, 0) is 95.4 Å². The van der Waals surface area contributed by atoms with Crippen LogP contribution in [0.4, 0.5) is 0 Å². The van der Waals surface area contributed by atoms with E-state index in [9.17, 15) is 0 Å². The fourth-order valence-electron chi connectivity index (χ4n) is 6.66.